The van der Waals surface area contributed by atoms with Crippen LogP contribution in [0.25, 0.3) is 0 Å². The lowest BCUT2D eigenvalue weighted by atomic mass is 10.1. The van der Waals surface area contributed by atoms with E-state index in [-0.39, 0.29) is 23.4 Å². The second kappa shape index (κ2) is 8.23. The average Bonchev–Trinajstić information content (AvgIpc) is 2.97. The minimum atomic E-state index is -3.77. The van der Waals surface area contributed by atoms with Crippen LogP contribution in [0.3, 0.4) is 0 Å². The molecule has 0 saturated carbocycles. The van der Waals surface area contributed by atoms with E-state index in [0.717, 1.165) is 26.4 Å². The SMILES string of the molecule is CCOc1ccc(S(=O)(=O)N(C)CC(=O)N2c3ccc(Br)cc3C[C@@H]2C)cc1. The van der Waals surface area contributed by atoms with Crippen LogP contribution in [-0.2, 0) is 21.2 Å². The Hall–Kier alpha value is -1.90. The number of nitrogens with zero attached hydrogens (tertiary/aromatic N) is 2. The van der Waals surface area contributed by atoms with Crippen LogP contribution < -0.4 is 9.64 Å². The van der Waals surface area contributed by atoms with E-state index >= 15 is 0 Å². The van der Waals surface area contributed by atoms with Crippen LogP contribution in [-0.4, -0.2) is 44.9 Å². The molecule has 0 spiro atoms. The maximum atomic E-state index is 12.9. The van der Waals surface area contributed by atoms with Gasteiger partial charge in [0, 0.05) is 23.2 Å². The number of halogens is 1. The lowest BCUT2D eigenvalue weighted by Gasteiger charge is -2.25. The fraction of sp³-hybridized carbons (Fsp3) is 0.350. The van der Waals surface area contributed by atoms with Crippen molar-refractivity contribution in [2.24, 2.45) is 0 Å². The van der Waals surface area contributed by atoms with E-state index in [1.807, 2.05) is 32.0 Å². The highest BCUT2D eigenvalue weighted by Gasteiger charge is 2.33. The second-order valence-electron chi connectivity index (χ2n) is 6.76. The highest BCUT2D eigenvalue weighted by Crippen LogP contribution is 2.34. The van der Waals surface area contributed by atoms with Crippen molar-refractivity contribution in [3.05, 3.63) is 52.5 Å². The van der Waals surface area contributed by atoms with Crippen molar-refractivity contribution in [2.75, 3.05) is 25.1 Å². The molecule has 0 N–H and O–H groups in total. The Bertz CT molecular complexity index is 976. The van der Waals surface area contributed by atoms with Gasteiger partial charge in [-0.25, -0.2) is 8.42 Å². The number of rotatable bonds is 6. The molecule has 1 heterocycles. The van der Waals surface area contributed by atoms with Crippen molar-refractivity contribution in [3.63, 3.8) is 0 Å². The summed E-state index contributed by atoms with van der Waals surface area (Å²) in [6, 6.07) is 12.0. The molecule has 8 heteroatoms. The molecule has 2 aromatic carbocycles. The van der Waals surface area contributed by atoms with Crippen LogP contribution in [0.1, 0.15) is 19.4 Å². The molecule has 3 rings (SSSR count). The van der Waals surface area contributed by atoms with Crippen LogP contribution in [0.4, 0.5) is 5.69 Å². The number of anilines is 1. The number of carbonyl (C=O) groups is 1. The molecular formula is C20H23BrN2O4S. The molecular weight excluding hydrogens is 444 g/mol. The molecule has 1 atom stereocenters. The minimum Gasteiger partial charge on any atom is -0.494 e. The molecule has 0 aliphatic carbocycles. The molecule has 0 aromatic heterocycles. The van der Waals surface area contributed by atoms with Crippen molar-refractivity contribution in [2.45, 2.75) is 31.2 Å². The maximum absolute atomic E-state index is 12.9. The third-order valence-electron chi connectivity index (χ3n) is 4.73. The first-order valence-corrected chi connectivity index (χ1v) is 11.3. The van der Waals surface area contributed by atoms with Crippen LogP contribution in [0.5, 0.6) is 5.75 Å². The molecule has 6 nitrogen and oxygen atoms in total. The summed E-state index contributed by atoms with van der Waals surface area (Å²) >= 11 is 3.45. The third kappa shape index (κ3) is 4.09. The molecule has 1 aliphatic heterocycles. The average molecular weight is 467 g/mol. The van der Waals surface area contributed by atoms with Crippen molar-refractivity contribution in [3.8, 4) is 5.75 Å². The Morgan fingerprint density at radius 2 is 1.93 bits per heavy atom. The molecule has 2 aromatic rings. The zero-order valence-electron chi connectivity index (χ0n) is 16.1. The van der Waals surface area contributed by atoms with Crippen molar-refractivity contribution >= 4 is 37.5 Å². The summed E-state index contributed by atoms with van der Waals surface area (Å²) < 4.78 is 33.1. The Kier molecular flexibility index (Phi) is 6.12. The van der Waals surface area contributed by atoms with Gasteiger partial charge < -0.3 is 9.64 Å². The van der Waals surface area contributed by atoms with E-state index in [1.54, 1.807) is 17.0 Å². The van der Waals surface area contributed by atoms with Crippen molar-refractivity contribution in [1.82, 2.24) is 4.31 Å². The highest BCUT2D eigenvalue weighted by molar-refractivity contribution is 9.10. The predicted octanol–water partition coefficient (Wildman–Crippen LogP) is 3.45. The topological polar surface area (TPSA) is 66.9 Å². The van der Waals surface area contributed by atoms with E-state index in [9.17, 15) is 13.2 Å². The number of likely N-dealkylation sites (N-methyl/N-ethyl adjacent to an activating group) is 1. The van der Waals surface area contributed by atoms with E-state index in [1.165, 1.54) is 19.2 Å². The van der Waals surface area contributed by atoms with Gasteiger partial charge in [-0.15, -0.1) is 0 Å². The van der Waals surface area contributed by atoms with Crippen molar-refractivity contribution < 1.29 is 17.9 Å². The van der Waals surface area contributed by atoms with Crippen LogP contribution in [0.15, 0.2) is 51.8 Å². The van der Waals surface area contributed by atoms with Gasteiger partial charge in [-0.3, -0.25) is 4.79 Å². The van der Waals surface area contributed by atoms with E-state index in [0.29, 0.717) is 12.4 Å². The molecule has 150 valence electrons. The van der Waals surface area contributed by atoms with E-state index in [4.69, 9.17) is 4.74 Å². The van der Waals surface area contributed by atoms with E-state index in [2.05, 4.69) is 15.9 Å². The fourth-order valence-electron chi connectivity index (χ4n) is 3.39. The van der Waals surface area contributed by atoms with Crippen LogP contribution in [0, 0.1) is 0 Å². The summed E-state index contributed by atoms with van der Waals surface area (Å²) in [6.45, 7) is 4.11. The lowest BCUT2D eigenvalue weighted by Crippen LogP contribution is -2.43. The smallest absolute Gasteiger partial charge is 0.243 e. The number of sulfonamides is 1. The summed E-state index contributed by atoms with van der Waals surface area (Å²) in [5.41, 5.74) is 1.92. The Balaban J connectivity index is 1.77. The molecule has 0 fully saturated rings. The number of carbonyl (C=O) groups excluding carboxylic acids is 1. The number of hydrogen-bond donors (Lipinski definition) is 0. The monoisotopic (exact) mass is 466 g/mol. The molecule has 0 radical (unpaired) electrons. The van der Waals surface area contributed by atoms with Gasteiger partial charge in [0.1, 0.15) is 5.75 Å². The maximum Gasteiger partial charge on any atom is 0.243 e. The number of amides is 1. The molecule has 28 heavy (non-hydrogen) atoms. The van der Waals surface area contributed by atoms with E-state index < -0.39 is 10.0 Å². The van der Waals surface area contributed by atoms with Crippen LogP contribution >= 0.6 is 15.9 Å². The van der Waals surface area contributed by atoms with Gasteiger partial charge in [0.25, 0.3) is 0 Å². The van der Waals surface area contributed by atoms with Crippen LogP contribution in [0.2, 0.25) is 0 Å². The Morgan fingerprint density at radius 1 is 1.25 bits per heavy atom. The van der Waals surface area contributed by atoms with Gasteiger partial charge in [-0.1, -0.05) is 15.9 Å². The summed E-state index contributed by atoms with van der Waals surface area (Å²) in [5, 5.41) is 0. The quantitative estimate of drug-likeness (QED) is 0.653. The zero-order chi connectivity index (χ0) is 20.5. The summed E-state index contributed by atoms with van der Waals surface area (Å²) in [5.74, 6) is 0.361. The van der Waals surface area contributed by atoms with Gasteiger partial charge in [0.2, 0.25) is 15.9 Å². The lowest BCUT2D eigenvalue weighted by molar-refractivity contribution is -0.118. The standard InChI is InChI=1S/C20H23BrN2O4S/c1-4-27-17-6-8-18(9-7-17)28(25,26)22(3)13-20(24)23-14(2)11-15-12-16(21)5-10-19(15)23/h5-10,12,14H,4,11,13H2,1-3H3/t14-/m0/s1. The number of hydrogen-bond acceptors (Lipinski definition) is 4. The number of benzene rings is 2. The molecule has 0 saturated heterocycles. The summed E-state index contributed by atoms with van der Waals surface area (Å²) in [6.07, 6.45) is 0.746. The molecule has 0 unspecified atom stereocenters. The minimum absolute atomic E-state index is 0.0154. The summed E-state index contributed by atoms with van der Waals surface area (Å²) in [7, 11) is -2.35. The highest BCUT2D eigenvalue weighted by atomic mass is 79.9. The van der Waals surface area contributed by atoms with Gasteiger partial charge in [-0.2, -0.15) is 4.31 Å². The van der Waals surface area contributed by atoms with Gasteiger partial charge in [0.15, 0.2) is 0 Å². The molecule has 1 aliphatic rings. The zero-order valence-corrected chi connectivity index (χ0v) is 18.5. The van der Waals surface area contributed by atoms with Crippen molar-refractivity contribution in [1.29, 1.82) is 0 Å². The normalized spacial score (nSPS) is 16.3. The first-order chi connectivity index (χ1) is 13.2. The number of fused-ring (bicyclic) bond motifs is 1. The van der Waals surface area contributed by atoms with Gasteiger partial charge >= 0.3 is 0 Å². The Labute approximate surface area is 174 Å². The summed E-state index contributed by atoms with van der Waals surface area (Å²) in [4.78, 5) is 14.7. The first kappa shape index (κ1) is 20.8. The van der Waals surface area contributed by atoms with Gasteiger partial charge in [-0.05, 0) is 68.3 Å². The second-order valence-corrected chi connectivity index (χ2v) is 9.72. The number of ether oxygens (including phenoxy) is 1. The first-order valence-electron chi connectivity index (χ1n) is 9.03. The molecule has 0 bridgehead atoms. The third-order valence-corrected chi connectivity index (χ3v) is 7.04. The predicted molar refractivity (Wildman–Crippen MR) is 112 cm³/mol. The fourth-order valence-corrected chi connectivity index (χ4v) is 4.91. The largest absolute Gasteiger partial charge is 0.494 e. The van der Waals surface area contributed by atoms with Gasteiger partial charge in [0.05, 0.1) is 18.0 Å². The Morgan fingerprint density at radius 3 is 2.57 bits per heavy atom. The molecule has 1 amide bonds.